The average Bonchev–Trinajstić information content (AvgIpc) is 3.85. The van der Waals surface area contributed by atoms with E-state index in [0.717, 1.165) is 99.0 Å². The number of hydrogen-bond acceptors (Lipinski definition) is 5. The fourth-order valence-corrected chi connectivity index (χ4v) is 9.72. The molecule has 5 nitrogen and oxygen atoms in total. The Hall–Kier alpha value is -8.41. The summed E-state index contributed by atoms with van der Waals surface area (Å²) < 4.78 is 0. The first-order valence-electron chi connectivity index (χ1n) is 21.3. The highest BCUT2D eigenvalue weighted by Gasteiger charge is 2.18. The molecule has 292 valence electrons. The second-order valence-electron chi connectivity index (χ2n) is 16.3. The molecule has 0 aliphatic carbocycles. The van der Waals surface area contributed by atoms with Gasteiger partial charge in [-0.3, -0.25) is 9.98 Å². The van der Waals surface area contributed by atoms with Crippen LogP contribution in [0.1, 0.15) is 0 Å². The lowest BCUT2D eigenvalue weighted by Crippen LogP contribution is -2.22. The van der Waals surface area contributed by atoms with Crippen LogP contribution in [0.2, 0.25) is 0 Å². The van der Waals surface area contributed by atoms with Crippen LogP contribution >= 0.6 is 0 Å². The molecule has 5 heteroatoms. The first-order chi connectivity index (χ1) is 31.2. The van der Waals surface area contributed by atoms with Crippen molar-refractivity contribution in [3.63, 3.8) is 0 Å². The van der Waals surface area contributed by atoms with Crippen LogP contribution in [-0.4, -0.2) is 21.6 Å². The third-order valence-corrected chi connectivity index (χ3v) is 12.7. The van der Waals surface area contributed by atoms with Gasteiger partial charge in [-0.25, -0.2) is 15.0 Å². The van der Waals surface area contributed by atoms with Crippen molar-refractivity contribution >= 4 is 64.8 Å². The quantitative estimate of drug-likeness (QED) is 0.163. The summed E-state index contributed by atoms with van der Waals surface area (Å²) in [5, 5.41) is 14.7. The standard InChI is InChI=1S/C58H35N5/c1-3-13-41-39(11-1)31-49(45-17-7-5-15-43(41)45)54-33-53(62-58(63-54)50-32-40-12-2-4-14-42(40)44-16-6-8-18-46(44)50)37-25-21-35(22-26-37)36-23-27-38(28-24-36)56-48-29-30-52-57(60-34-59-52)55(48)47-19-9-10-20-51(47)61-56/h1-33H,34H2. The van der Waals surface area contributed by atoms with E-state index in [0.29, 0.717) is 12.5 Å². The monoisotopic (exact) mass is 801 g/mol. The van der Waals surface area contributed by atoms with Crippen molar-refractivity contribution < 1.29 is 0 Å². The van der Waals surface area contributed by atoms with Crippen molar-refractivity contribution in [2.75, 3.05) is 6.67 Å². The molecule has 0 radical (unpaired) electrons. The van der Waals surface area contributed by atoms with E-state index in [9.17, 15) is 0 Å². The minimum Gasteiger partial charge on any atom is -0.260 e. The van der Waals surface area contributed by atoms with Gasteiger partial charge in [0.2, 0.25) is 0 Å². The zero-order valence-corrected chi connectivity index (χ0v) is 34.0. The molecule has 10 aromatic carbocycles. The van der Waals surface area contributed by atoms with Crippen LogP contribution in [-0.2, 0) is 0 Å². The topological polar surface area (TPSA) is 63.4 Å². The highest BCUT2D eigenvalue weighted by molar-refractivity contribution is 6.15. The Balaban J connectivity index is 0.939. The first kappa shape index (κ1) is 35.4. The number of aromatic nitrogens is 3. The van der Waals surface area contributed by atoms with Crippen LogP contribution in [0.4, 0.5) is 0 Å². The van der Waals surface area contributed by atoms with E-state index in [-0.39, 0.29) is 0 Å². The summed E-state index contributed by atoms with van der Waals surface area (Å²) in [5.41, 5.74) is 10.1. The molecule has 0 unspecified atom stereocenters. The predicted octanol–water partition coefficient (Wildman–Crippen LogP) is 13.3. The number of rotatable bonds is 5. The zero-order valence-electron chi connectivity index (χ0n) is 34.0. The van der Waals surface area contributed by atoms with Crippen molar-refractivity contribution in [3.8, 4) is 56.3 Å². The number of hydrogen-bond donors (Lipinski definition) is 0. The fourth-order valence-electron chi connectivity index (χ4n) is 9.72. The molecule has 13 rings (SSSR count). The lowest BCUT2D eigenvalue weighted by Gasteiger charge is -2.15. The molecule has 0 saturated carbocycles. The Kier molecular flexibility index (Phi) is 7.90. The van der Waals surface area contributed by atoms with E-state index in [1.807, 2.05) is 6.07 Å². The van der Waals surface area contributed by atoms with E-state index in [1.165, 1.54) is 26.9 Å². The zero-order chi connectivity index (χ0) is 41.4. The van der Waals surface area contributed by atoms with Crippen LogP contribution in [0.25, 0.3) is 121 Å². The van der Waals surface area contributed by atoms with Gasteiger partial charge in [0.1, 0.15) is 6.67 Å². The van der Waals surface area contributed by atoms with Gasteiger partial charge >= 0.3 is 0 Å². The maximum Gasteiger partial charge on any atom is 0.161 e. The third-order valence-electron chi connectivity index (χ3n) is 12.7. The second kappa shape index (κ2) is 14.1. The lowest BCUT2D eigenvalue weighted by molar-refractivity contribution is 1.06. The predicted molar refractivity (Wildman–Crippen MR) is 259 cm³/mol. The Morgan fingerprint density at radius 1 is 0.333 bits per heavy atom. The molecule has 0 amide bonds. The van der Waals surface area contributed by atoms with Crippen LogP contribution in [0, 0.1) is 0 Å². The van der Waals surface area contributed by atoms with Crippen LogP contribution < -0.4 is 10.7 Å². The number of fused-ring (bicyclic) bond motifs is 11. The summed E-state index contributed by atoms with van der Waals surface area (Å²) >= 11 is 0. The Morgan fingerprint density at radius 3 is 1.54 bits per heavy atom. The van der Waals surface area contributed by atoms with E-state index in [1.54, 1.807) is 0 Å². The molecule has 12 aromatic rings. The van der Waals surface area contributed by atoms with Gasteiger partial charge in [0.25, 0.3) is 0 Å². The normalized spacial score (nSPS) is 12.3. The molecule has 2 aromatic heterocycles. The lowest BCUT2D eigenvalue weighted by atomic mass is 9.94. The largest absolute Gasteiger partial charge is 0.260 e. The van der Waals surface area contributed by atoms with Crippen LogP contribution in [0.3, 0.4) is 0 Å². The maximum absolute atomic E-state index is 5.44. The minimum absolute atomic E-state index is 0.469. The Morgan fingerprint density at radius 2 is 0.857 bits per heavy atom. The average molecular weight is 802 g/mol. The van der Waals surface area contributed by atoms with Gasteiger partial charge in [0.15, 0.2) is 5.82 Å². The smallest absolute Gasteiger partial charge is 0.161 e. The summed E-state index contributed by atoms with van der Waals surface area (Å²) in [4.78, 5) is 25.4. The van der Waals surface area contributed by atoms with Gasteiger partial charge in [-0.05, 0) is 90.6 Å². The number of pyridine rings is 1. The summed E-state index contributed by atoms with van der Waals surface area (Å²) in [5.74, 6) is 0.698. The molecule has 1 aliphatic heterocycles. The minimum atomic E-state index is 0.469. The molecular weight excluding hydrogens is 767 g/mol. The van der Waals surface area contributed by atoms with Crippen LogP contribution in [0.5, 0.6) is 0 Å². The molecule has 0 bridgehead atoms. The molecule has 0 saturated heterocycles. The molecular formula is C58H35N5. The maximum atomic E-state index is 5.44. The highest BCUT2D eigenvalue weighted by Crippen LogP contribution is 2.39. The Labute approximate surface area is 362 Å². The molecule has 63 heavy (non-hydrogen) atoms. The van der Waals surface area contributed by atoms with E-state index >= 15 is 0 Å². The van der Waals surface area contributed by atoms with Gasteiger partial charge in [-0.15, -0.1) is 0 Å². The fraction of sp³-hybridized carbons (Fsp3) is 0.0172. The van der Waals surface area contributed by atoms with Gasteiger partial charge < -0.3 is 0 Å². The number of para-hydroxylation sites is 1. The van der Waals surface area contributed by atoms with Crippen LogP contribution in [0.15, 0.2) is 210 Å². The van der Waals surface area contributed by atoms with E-state index < -0.39 is 0 Å². The highest BCUT2D eigenvalue weighted by atomic mass is 15.0. The van der Waals surface area contributed by atoms with Crippen molar-refractivity contribution in [1.29, 1.82) is 0 Å². The summed E-state index contributed by atoms with van der Waals surface area (Å²) in [6.45, 7) is 0.469. The summed E-state index contributed by atoms with van der Waals surface area (Å²) in [6, 6.07) is 71.2. The van der Waals surface area contributed by atoms with Gasteiger partial charge in [0, 0.05) is 38.4 Å². The van der Waals surface area contributed by atoms with Gasteiger partial charge in [0.05, 0.1) is 33.3 Å². The first-order valence-corrected chi connectivity index (χ1v) is 21.3. The van der Waals surface area contributed by atoms with E-state index in [4.69, 9.17) is 19.9 Å². The molecule has 1 aliphatic rings. The third kappa shape index (κ3) is 5.74. The van der Waals surface area contributed by atoms with E-state index in [2.05, 4.69) is 199 Å². The SMILES string of the molecule is c1ccc2c(c1)cc(-c1cc(-c3ccc(-c4ccc(-c5nc6ccccc6c6c7c(ccc56)=NCN=7)cc4)cc3)nc(-c3cc4ccccc4c4ccccc34)n1)c1ccccc12. The molecule has 0 fully saturated rings. The second-order valence-corrected chi connectivity index (χ2v) is 16.3. The van der Waals surface area contributed by atoms with Crippen molar-refractivity contribution in [2.45, 2.75) is 0 Å². The summed E-state index contributed by atoms with van der Waals surface area (Å²) in [6.07, 6.45) is 0. The van der Waals surface area contributed by atoms with Crippen molar-refractivity contribution in [3.05, 3.63) is 211 Å². The van der Waals surface area contributed by atoms with Gasteiger partial charge in [-0.1, -0.05) is 164 Å². The summed E-state index contributed by atoms with van der Waals surface area (Å²) in [7, 11) is 0. The molecule has 3 heterocycles. The number of benzene rings is 10. The number of nitrogens with zero attached hydrogens (tertiary/aromatic N) is 5. The van der Waals surface area contributed by atoms with Gasteiger partial charge in [-0.2, -0.15) is 0 Å². The molecule has 0 spiro atoms. The van der Waals surface area contributed by atoms with Crippen molar-refractivity contribution in [2.24, 2.45) is 9.98 Å². The van der Waals surface area contributed by atoms with Crippen molar-refractivity contribution in [1.82, 2.24) is 15.0 Å². The molecule has 0 atom stereocenters. The Bertz CT molecular complexity index is 3850. The molecule has 0 N–H and O–H groups in total.